The number of carbonyl (C=O) groups excluding carboxylic acids is 1. The van der Waals surface area contributed by atoms with Gasteiger partial charge in [0.15, 0.2) is 11.5 Å². The van der Waals surface area contributed by atoms with Crippen LogP contribution >= 0.6 is 11.6 Å². The molecule has 2 rings (SSSR count). The highest BCUT2D eigenvalue weighted by Crippen LogP contribution is 2.37. The first-order chi connectivity index (χ1) is 11.3. The fraction of sp³-hybridized carbons (Fsp3) is 0.588. The second-order valence-corrected chi connectivity index (χ2v) is 8.99. The lowest BCUT2D eigenvalue weighted by atomic mass is 10.1. The van der Waals surface area contributed by atoms with E-state index in [1.54, 1.807) is 17.0 Å². The van der Waals surface area contributed by atoms with E-state index in [9.17, 15) is 9.00 Å². The van der Waals surface area contributed by atoms with Gasteiger partial charge >= 0.3 is 0 Å². The summed E-state index contributed by atoms with van der Waals surface area (Å²) in [5.74, 6) is 1.25. The van der Waals surface area contributed by atoms with Crippen molar-refractivity contribution in [3.05, 3.63) is 22.7 Å². The van der Waals surface area contributed by atoms with Crippen LogP contribution in [0, 0.1) is 0 Å². The zero-order chi connectivity index (χ0) is 17.9. The van der Waals surface area contributed by atoms with Crippen LogP contribution in [0.15, 0.2) is 12.1 Å². The summed E-state index contributed by atoms with van der Waals surface area (Å²) >= 11 is 6.29. The van der Waals surface area contributed by atoms with E-state index in [-0.39, 0.29) is 5.91 Å². The summed E-state index contributed by atoms with van der Waals surface area (Å²) in [5.41, 5.74) is 0.448. The third kappa shape index (κ3) is 4.03. The highest BCUT2D eigenvalue weighted by molar-refractivity contribution is 7.86. The Morgan fingerprint density at radius 1 is 1.42 bits per heavy atom. The van der Waals surface area contributed by atoms with Crippen LogP contribution in [0.1, 0.15) is 37.6 Å². The molecule has 0 radical (unpaired) electrons. The molecule has 1 aromatic carbocycles. The molecule has 0 spiro atoms. The van der Waals surface area contributed by atoms with Crippen molar-refractivity contribution >= 4 is 28.3 Å². The van der Waals surface area contributed by atoms with Crippen LogP contribution in [0.2, 0.25) is 5.02 Å². The number of amides is 1. The van der Waals surface area contributed by atoms with E-state index in [4.69, 9.17) is 21.1 Å². The van der Waals surface area contributed by atoms with E-state index in [1.165, 1.54) is 7.11 Å². The van der Waals surface area contributed by atoms with Crippen molar-refractivity contribution in [1.82, 2.24) is 4.90 Å². The molecular formula is C17H24ClNO4S. The third-order valence-electron chi connectivity index (χ3n) is 3.95. The number of nitrogens with zero attached hydrogens (tertiary/aromatic N) is 1. The molecule has 24 heavy (non-hydrogen) atoms. The first kappa shape index (κ1) is 19.1. The van der Waals surface area contributed by atoms with Gasteiger partial charge in [0, 0.05) is 35.2 Å². The summed E-state index contributed by atoms with van der Waals surface area (Å²) in [6, 6.07) is 3.26. The molecule has 1 aromatic rings. The molecule has 1 fully saturated rings. The Labute approximate surface area is 150 Å². The van der Waals surface area contributed by atoms with Crippen molar-refractivity contribution < 1.29 is 18.5 Å². The average molecular weight is 374 g/mol. The molecule has 1 amide bonds. The second-order valence-electron chi connectivity index (χ2n) is 6.37. The maximum absolute atomic E-state index is 12.8. The molecule has 1 aliphatic heterocycles. The van der Waals surface area contributed by atoms with E-state index >= 15 is 0 Å². The quantitative estimate of drug-likeness (QED) is 0.795. The van der Waals surface area contributed by atoms with Gasteiger partial charge in [0.05, 0.1) is 23.5 Å². The largest absolute Gasteiger partial charge is 0.493 e. The molecule has 5 nitrogen and oxygen atoms in total. The van der Waals surface area contributed by atoms with E-state index in [2.05, 4.69) is 0 Å². The highest BCUT2D eigenvalue weighted by atomic mass is 35.5. The smallest absolute Gasteiger partial charge is 0.254 e. The van der Waals surface area contributed by atoms with Gasteiger partial charge in [-0.05, 0) is 32.4 Å². The fourth-order valence-electron chi connectivity index (χ4n) is 2.62. The molecule has 1 atom stereocenters. The number of carbonyl (C=O) groups is 1. The number of hydrogen-bond donors (Lipinski definition) is 0. The Morgan fingerprint density at radius 2 is 2.12 bits per heavy atom. The molecule has 1 saturated heterocycles. The van der Waals surface area contributed by atoms with Crippen molar-refractivity contribution in [1.29, 1.82) is 0 Å². The van der Waals surface area contributed by atoms with Gasteiger partial charge < -0.3 is 14.4 Å². The molecule has 134 valence electrons. The van der Waals surface area contributed by atoms with Crippen molar-refractivity contribution in [2.24, 2.45) is 0 Å². The van der Waals surface area contributed by atoms with Gasteiger partial charge in [-0.15, -0.1) is 0 Å². The van der Waals surface area contributed by atoms with E-state index in [1.807, 2.05) is 20.8 Å². The van der Waals surface area contributed by atoms with E-state index in [0.29, 0.717) is 47.5 Å². The zero-order valence-corrected chi connectivity index (χ0v) is 16.1. The summed E-state index contributed by atoms with van der Waals surface area (Å²) < 4.78 is 22.6. The molecule has 0 N–H and O–H groups in total. The SMILES string of the molecule is CCCOc1c(Cl)cc(C(=O)N2CC[S@](=O)C(C)(C)C2)cc1OC. The molecule has 7 heteroatoms. The summed E-state index contributed by atoms with van der Waals surface area (Å²) in [4.78, 5) is 14.5. The van der Waals surface area contributed by atoms with Gasteiger partial charge in [0.1, 0.15) is 0 Å². The Kier molecular flexibility index (Phi) is 6.15. The van der Waals surface area contributed by atoms with Crippen molar-refractivity contribution in [2.45, 2.75) is 31.9 Å². The van der Waals surface area contributed by atoms with Gasteiger partial charge in [0.2, 0.25) is 0 Å². The number of methoxy groups -OCH3 is 1. The lowest BCUT2D eigenvalue weighted by Gasteiger charge is -2.37. The van der Waals surface area contributed by atoms with Crippen LogP contribution in [0.25, 0.3) is 0 Å². The Morgan fingerprint density at radius 3 is 2.71 bits per heavy atom. The normalized spacial score (nSPS) is 19.9. The predicted molar refractivity (Wildman–Crippen MR) is 96.8 cm³/mol. The van der Waals surface area contributed by atoms with Crippen LogP contribution in [-0.2, 0) is 10.8 Å². The van der Waals surface area contributed by atoms with Crippen molar-refractivity contribution in [2.75, 3.05) is 32.6 Å². The van der Waals surface area contributed by atoms with Crippen molar-refractivity contribution in [3.8, 4) is 11.5 Å². The first-order valence-corrected chi connectivity index (χ1v) is 9.68. The summed E-state index contributed by atoms with van der Waals surface area (Å²) in [6.45, 7) is 7.28. The van der Waals surface area contributed by atoms with Gasteiger partial charge in [-0.1, -0.05) is 18.5 Å². The van der Waals surface area contributed by atoms with Crippen LogP contribution in [0.5, 0.6) is 11.5 Å². The Bertz CT molecular complexity index is 648. The summed E-state index contributed by atoms with van der Waals surface area (Å²) in [7, 11) is 0.593. The lowest BCUT2D eigenvalue weighted by Crippen LogP contribution is -2.52. The monoisotopic (exact) mass is 373 g/mol. The molecule has 0 aromatic heterocycles. The maximum Gasteiger partial charge on any atom is 0.254 e. The van der Waals surface area contributed by atoms with Crippen LogP contribution in [-0.4, -0.2) is 52.3 Å². The minimum absolute atomic E-state index is 0.137. The van der Waals surface area contributed by atoms with E-state index < -0.39 is 15.5 Å². The number of benzene rings is 1. The van der Waals surface area contributed by atoms with Gasteiger partial charge in [-0.25, -0.2) is 0 Å². The second kappa shape index (κ2) is 7.74. The topological polar surface area (TPSA) is 55.8 Å². The number of halogens is 1. The summed E-state index contributed by atoms with van der Waals surface area (Å²) in [5, 5.41) is 0.353. The van der Waals surface area contributed by atoms with Gasteiger partial charge in [-0.3, -0.25) is 9.00 Å². The first-order valence-electron chi connectivity index (χ1n) is 7.98. The number of ether oxygens (including phenoxy) is 2. The van der Waals surface area contributed by atoms with Crippen LogP contribution in [0.4, 0.5) is 0 Å². The standard InChI is InChI=1S/C17H24ClNO4S/c1-5-7-23-15-13(18)9-12(10-14(15)22-4)16(20)19-6-8-24(21)17(2,3)11-19/h9-10H,5-8,11H2,1-4H3/t24-/m0/s1. The minimum Gasteiger partial charge on any atom is -0.493 e. The fourth-order valence-corrected chi connectivity index (χ4v) is 4.13. The Balaban J connectivity index is 2.27. The minimum atomic E-state index is -0.927. The van der Waals surface area contributed by atoms with Gasteiger partial charge in [-0.2, -0.15) is 0 Å². The molecular weight excluding hydrogens is 350 g/mol. The molecule has 1 aliphatic rings. The predicted octanol–water partition coefficient (Wildman–Crippen LogP) is 3.12. The van der Waals surface area contributed by atoms with E-state index in [0.717, 1.165) is 6.42 Å². The Hall–Kier alpha value is -1.27. The average Bonchev–Trinajstić information content (AvgIpc) is 2.54. The van der Waals surface area contributed by atoms with Crippen molar-refractivity contribution in [3.63, 3.8) is 0 Å². The van der Waals surface area contributed by atoms with Gasteiger partial charge in [0.25, 0.3) is 5.91 Å². The molecule has 1 heterocycles. The number of hydrogen-bond acceptors (Lipinski definition) is 4. The highest BCUT2D eigenvalue weighted by Gasteiger charge is 2.35. The number of rotatable bonds is 5. The van der Waals surface area contributed by atoms with Crippen LogP contribution in [0.3, 0.4) is 0 Å². The molecule has 0 bridgehead atoms. The lowest BCUT2D eigenvalue weighted by molar-refractivity contribution is 0.0745. The van der Waals surface area contributed by atoms with Crippen LogP contribution < -0.4 is 9.47 Å². The molecule has 0 unspecified atom stereocenters. The molecule has 0 aliphatic carbocycles. The maximum atomic E-state index is 12.8. The third-order valence-corrected chi connectivity index (χ3v) is 6.14. The molecule has 0 saturated carbocycles. The zero-order valence-electron chi connectivity index (χ0n) is 14.6. The summed E-state index contributed by atoms with van der Waals surface area (Å²) in [6.07, 6.45) is 0.847.